The van der Waals surface area contributed by atoms with E-state index in [0.717, 1.165) is 22.6 Å². The SMILES string of the molecule is O=C(Nc1cccc(Cl)c1)N1CCC2=C(C1)C(c1ccns1)N=N2. The molecule has 0 radical (unpaired) electrons. The van der Waals surface area contributed by atoms with Crippen molar-refractivity contribution in [2.24, 2.45) is 10.2 Å². The summed E-state index contributed by atoms with van der Waals surface area (Å²) < 4.78 is 4.13. The number of urea groups is 1. The first-order valence-corrected chi connectivity index (χ1v) is 8.71. The normalized spacial score (nSPS) is 19.5. The maximum absolute atomic E-state index is 12.5. The van der Waals surface area contributed by atoms with Gasteiger partial charge in [0.1, 0.15) is 6.04 Å². The Morgan fingerprint density at radius 1 is 1.38 bits per heavy atom. The van der Waals surface area contributed by atoms with Crippen LogP contribution in [0.4, 0.5) is 10.5 Å². The van der Waals surface area contributed by atoms with Crippen LogP contribution in [0.3, 0.4) is 0 Å². The Kier molecular flexibility index (Phi) is 4.03. The Morgan fingerprint density at radius 3 is 3.08 bits per heavy atom. The predicted molar refractivity (Wildman–Crippen MR) is 93.4 cm³/mol. The molecule has 1 aromatic heterocycles. The fraction of sp³-hybridized carbons (Fsp3) is 0.250. The Balaban J connectivity index is 1.48. The number of aromatic nitrogens is 1. The molecule has 3 heterocycles. The second-order valence-electron chi connectivity index (χ2n) is 5.62. The summed E-state index contributed by atoms with van der Waals surface area (Å²) in [5, 5.41) is 12.1. The van der Waals surface area contributed by atoms with Crippen LogP contribution in [-0.4, -0.2) is 28.4 Å². The van der Waals surface area contributed by atoms with Crippen molar-refractivity contribution < 1.29 is 4.79 Å². The summed E-state index contributed by atoms with van der Waals surface area (Å²) >= 11 is 7.38. The van der Waals surface area contributed by atoms with Gasteiger partial charge in [-0.2, -0.15) is 10.2 Å². The Bertz CT molecular complexity index is 833. The largest absolute Gasteiger partial charge is 0.322 e. The summed E-state index contributed by atoms with van der Waals surface area (Å²) in [6.45, 7) is 1.15. The van der Waals surface area contributed by atoms with E-state index in [1.807, 2.05) is 18.2 Å². The molecule has 2 aromatic rings. The fourth-order valence-electron chi connectivity index (χ4n) is 2.87. The molecule has 0 saturated carbocycles. The lowest BCUT2D eigenvalue weighted by Crippen LogP contribution is -2.40. The van der Waals surface area contributed by atoms with Gasteiger partial charge < -0.3 is 10.2 Å². The third kappa shape index (κ3) is 2.92. The van der Waals surface area contributed by atoms with Crippen LogP contribution in [0, 0.1) is 0 Å². The Morgan fingerprint density at radius 2 is 2.29 bits per heavy atom. The number of azo groups is 1. The van der Waals surface area contributed by atoms with E-state index in [0.29, 0.717) is 23.8 Å². The number of anilines is 1. The van der Waals surface area contributed by atoms with Gasteiger partial charge in [-0.3, -0.25) is 0 Å². The lowest BCUT2D eigenvalue weighted by Gasteiger charge is -2.28. The Labute approximate surface area is 148 Å². The average molecular weight is 360 g/mol. The van der Waals surface area contributed by atoms with Crippen molar-refractivity contribution in [3.8, 4) is 0 Å². The number of carbonyl (C=O) groups is 1. The molecule has 0 fully saturated rings. The number of halogens is 1. The molecule has 2 amide bonds. The zero-order valence-corrected chi connectivity index (χ0v) is 14.2. The van der Waals surface area contributed by atoms with Crippen molar-refractivity contribution in [2.45, 2.75) is 12.5 Å². The molecule has 2 aliphatic heterocycles. The maximum atomic E-state index is 12.5. The summed E-state index contributed by atoms with van der Waals surface area (Å²) in [7, 11) is 0. The second-order valence-corrected chi connectivity index (χ2v) is 6.92. The lowest BCUT2D eigenvalue weighted by atomic mass is 10.00. The molecule has 0 aliphatic carbocycles. The summed E-state index contributed by atoms with van der Waals surface area (Å²) in [6.07, 6.45) is 2.48. The smallest absolute Gasteiger partial charge is 0.320 e. The zero-order chi connectivity index (χ0) is 16.5. The van der Waals surface area contributed by atoms with E-state index in [9.17, 15) is 4.79 Å². The fourth-order valence-corrected chi connectivity index (χ4v) is 3.72. The van der Waals surface area contributed by atoms with E-state index < -0.39 is 0 Å². The van der Waals surface area contributed by atoms with Gasteiger partial charge in [-0.15, -0.1) is 0 Å². The summed E-state index contributed by atoms with van der Waals surface area (Å²) in [5.41, 5.74) is 2.78. The number of hydrogen-bond donors (Lipinski definition) is 1. The minimum Gasteiger partial charge on any atom is -0.320 e. The molecule has 2 aliphatic rings. The van der Waals surface area contributed by atoms with Gasteiger partial charge in [0.15, 0.2) is 0 Å². The van der Waals surface area contributed by atoms with Crippen LogP contribution in [0.2, 0.25) is 5.02 Å². The van der Waals surface area contributed by atoms with Crippen LogP contribution in [0.25, 0.3) is 0 Å². The number of amides is 2. The van der Waals surface area contributed by atoms with Crippen LogP contribution < -0.4 is 5.32 Å². The summed E-state index contributed by atoms with van der Waals surface area (Å²) in [5.74, 6) is 0. The molecule has 0 spiro atoms. The van der Waals surface area contributed by atoms with Gasteiger partial charge in [-0.05, 0) is 35.8 Å². The monoisotopic (exact) mass is 359 g/mol. The first-order chi connectivity index (χ1) is 11.7. The molecule has 1 unspecified atom stereocenters. The van der Waals surface area contributed by atoms with Gasteiger partial charge in [0, 0.05) is 42.0 Å². The van der Waals surface area contributed by atoms with Crippen LogP contribution in [0.5, 0.6) is 0 Å². The first-order valence-electron chi connectivity index (χ1n) is 7.55. The number of rotatable bonds is 2. The molecule has 0 saturated heterocycles. The number of nitrogens with zero attached hydrogens (tertiary/aromatic N) is 4. The zero-order valence-electron chi connectivity index (χ0n) is 12.6. The topological polar surface area (TPSA) is 70.0 Å². The average Bonchev–Trinajstić information content (AvgIpc) is 3.23. The van der Waals surface area contributed by atoms with Crippen LogP contribution in [-0.2, 0) is 0 Å². The minimum absolute atomic E-state index is 0.103. The van der Waals surface area contributed by atoms with Gasteiger partial charge in [0.2, 0.25) is 0 Å². The van der Waals surface area contributed by atoms with Gasteiger partial charge in [0.25, 0.3) is 0 Å². The maximum Gasteiger partial charge on any atom is 0.322 e. The van der Waals surface area contributed by atoms with E-state index in [1.165, 1.54) is 11.5 Å². The molecular formula is C16H14ClN5OS. The van der Waals surface area contributed by atoms with Crippen molar-refractivity contribution in [2.75, 3.05) is 18.4 Å². The highest BCUT2D eigenvalue weighted by Crippen LogP contribution is 2.39. The van der Waals surface area contributed by atoms with Gasteiger partial charge in [-0.1, -0.05) is 17.7 Å². The highest BCUT2D eigenvalue weighted by atomic mass is 35.5. The third-order valence-corrected chi connectivity index (χ3v) is 5.10. The standard InChI is InChI=1S/C16H14ClN5OS/c17-10-2-1-3-11(8-10)19-16(23)22-7-5-13-12(9-22)15(21-20-13)14-4-6-18-24-14/h1-4,6,8,15H,5,7,9H2,(H,19,23). The molecule has 1 atom stereocenters. The number of carbonyl (C=O) groups excluding carboxylic acids is 1. The summed E-state index contributed by atoms with van der Waals surface area (Å²) in [6, 6.07) is 8.84. The van der Waals surface area contributed by atoms with Gasteiger partial charge >= 0.3 is 6.03 Å². The highest BCUT2D eigenvalue weighted by Gasteiger charge is 2.32. The van der Waals surface area contributed by atoms with Crippen molar-refractivity contribution in [1.82, 2.24) is 9.27 Å². The van der Waals surface area contributed by atoms with E-state index in [-0.39, 0.29) is 12.1 Å². The lowest BCUT2D eigenvalue weighted by molar-refractivity contribution is 0.213. The third-order valence-electron chi connectivity index (χ3n) is 4.06. The van der Waals surface area contributed by atoms with Crippen molar-refractivity contribution >= 4 is 34.9 Å². The quantitative estimate of drug-likeness (QED) is 0.857. The van der Waals surface area contributed by atoms with E-state index in [2.05, 4.69) is 19.9 Å². The van der Waals surface area contributed by atoms with E-state index in [1.54, 1.807) is 23.2 Å². The summed E-state index contributed by atoms with van der Waals surface area (Å²) in [4.78, 5) is 15.4. The Hall–Kier alpha value is -2.25. The van der Waals surface area contributed by atoms with Crippen molar-refractivity contribution in [1.29, 1.82) is 0 Å². The van der Waals surface area contributed by atoms with Crippen LogP contribution >= 0.6 is 23.1 Å². The molecular weight excluding hydrogens is 346 g/mol. The first kappa shape index (κ1) is 15.3. The molecule has 1 N–H and O–H groups in total. The molecule has 1 aromatic carbocycles. The second kappa shape index (κ2) is 6.33. The van der Waals surface area contributed by atoms with Crippen molar-refractivity contribution in [3.05, 3.63) is 57.7 Å². The predicted octanol–water partition coefficient (Wildman–Crippen LogP) is 4.50. The highest BCUT2D eigenvalue weighted by molar-refractivity contribution is 7.05. The minimum atomic E-state index is -0.140. The van der Waals surface area contributed by atoms with E-state index in [4.69, 9.17) is 11.6 Å². The number of benzene rings is 1. The van der Waals surface area contributed by atoms with Gasteiger partial charge in [-0.25, -0.2) is 9.17 Å². The van der Waals surface area contributed by atoms with Crippen LogP contribution in [0.15, 0.2) is 58.0 Å². The van der Waals surface area contributed by atoms with Crippen molar-refractivity contribution in [3.63, 3.8) is 0 Å². The van der Waals surface area contributed by atoms with Crippen LogP contribution in [0.1, 0.15) is 17.3 Å². The molecule has 4 rings (SSSR count). The molecule has 0 bridgehead atoms. The number of hydrogen-bond acceptors (Lipinski definition) is 5. The number of nitrogens with one attached hydrogen (secondary N) is 1. The molecule has 8 heteroatoms. The molecule has 122 valence electrons. The molecule has 24 heavy (non-hydrogen) atoms. The van der Waals surface area contributed by atoms with E-state index >= 15 is 0 Å². The molecule has 6 nitrogen and oxygen atoms in total. The van der Waals surface area contributed by atoms with Gasteiger partial charge in [0.05, 0.1) is 10.6 Å².